The van der Waals surface area contributed by atoms with Crippen LogP contribution in [0.2, 0.25) is 0 Å². The molecule has 0 amide bonds. The largest absolute Gasteiger partial charge is 0.240 e. The summed E-state index contributed by atoms with van der Waals surface area (Å²) in [7, 11) is -7.32. The van der Waals surface area contributed by atoms with Crippen LogP contribution in [0.4, 0.5) is 0 Å². The highest BCUT2D eigenvalue weighted by Crippen LogP contribution is 2.13. The number of hydrogen-bond donors (Lipinski definition) is 2. The highest BCUT2D eigenvalue weighted by molar-refractivity contribution is 7.90. The summed E-state index contributed by atoms with van der Waals surface area (Å²) in [6, 6.07) is 13.0. The Kier molecular flexibility index (Phi) is 5.76. The van der Waals surface area contributed by atoms with Crippen LogP contribution in [0.5, 0.6) is 0 Å². The molecule has 0 fully saturated rings. The quantitative estimate of drug-likeness (QED) is 0.726. The van der Waals surface area contributed by atoms with Crippen molar-refractivity contribution in [1.82, 2.24) is 9.44 Å². The molecule has 2 rings (SSSR count). The van der Waals surface area contributed by atoms with Crippen molar-refractivity contribution >= 4 is 20.0 Å². The Hall–Kier alpha value is -1.74. The van der Waals surface area contributed by atoms with Crippen molar-refractivity contribution in [2.24, 2.45) is 0 Å². The monoisotopic (exact) mass is 368 g/mol. The second-order valence-electron chi connectivity index (χ2n) is 5.37. The van der Waals surface area contributed by atoms with Gasteiger partial charge in [0.1, 0.15) is 0 Å². The van der Waals surface area contributed by atoms with E-state index >= 15 is 0 Å². The molecule has 2 aromatic carbocycles. The summed E-state index contributed by atoms with van der Waals surface area (Å²) in [5, 5.41) is 0. The van der Waals surface area contributed by atoms with E-state index in [0.29, 0.717) is 5.56 Å². The van der Waals surface area contributed by atoms with E-state index in [1.165, 1.54) is 18.2 Å². The molecule has 0 saturated carbocycles. The average molecular weight is 368 g/mol. The van der Waals surface area contributed by atoms with E-state index in [4.69, 9.17) is 0 Å². The fraction of sp³-hybridized carbons (Fsp3) is 0.250. The van der Waals surface area contributed by atoms with Gasteiger partial charge < -0.3 is 0 Å². The maximum absolute atomic E-state index is 12.2. The maximum atomic E-state index is 12.2. The molecule has 24 heavy (non-hydrogen) atoms. The summed E-state index contributed by atoms with van der Waals surface area (Å²) < 4.78 is 53.4. The van der Waals surface area contributed by atoms with E-state index in [2.05, 4.69) is 9.44 Å². The van der Waals surface area contributed by atoms with Gasteiger partial charge in [0.05, 0.1) is 9.79 Å². The molecule has 0 aromatic heterocycles. The third-order valence-corrected chi connectivity index (χ3v) is 6.52. The number of nitrogens with one attached hydrogen (secondary N) is 2. The Balaban J connectivity index is 1.95. The zero-order chi connectivity index (χ0) is 17.8. The fourth-order valence-electron chi connectivity index (χ4n) is 2.11. The Bertz CT molecular complexity index is 905. The third kappa shape index (κ3) is 4.64. The zero-order valence-corrected chi connectivity index (χ0v) is 15.1. The predicted molar refractivity (Wildman–Crippen MR) is 92.7 cm³/mol. The first-order valence-corrected chi connectivity index (χ1v) is 10.3. The minimum atomic E-state index is -3.66. The van der Waals surface area contributed by atoms with Crippen LogP contribution in [-0.2, 0) is 20.0 Å². The van der Waals surface area contributed by atoms with Crippen LogP contribution in [0.3, 0.4) is 0 Å². The van der Waals surface area contributed by atoms with Gasteiger partial charge in [0, 0.05) is 13.1 Å². The minimum absolute atomic E-state index is 0.0399. The molecule has 0 spiro atoms. The fourth-order valence-corrected chi connectivity index (χ4v) is 4.42. The van der Waals surface area contributed by atoms with Crippen molar-refractivity contribution in [3.8, 4) is 0 Å². The summed E-state index contributed by atoms with van der Waals surface area (Å²) in [6.07, 6.45) is 0. The van der Waals surface area contributed by atoms with Crippen molar-refractivity contribution in [3.63, 3.8) is 0 Å². The topological polar surface area (TPSA) is 92.3 Å². The number of aryl methyl sites for hydroxylation is 2. The van der Waals surface area contributed by atoms with Gasteiger partial charge in [-0.25, -0.2) is 26.3 Å². The maximum Gasteiger partial charge on any atom is 0.240 e. The van der Waals surface area contributed by atoms with Gasteiger partial charge in [-0.3, -0.25) is 0 Å². The van der Waals surface area contributed by atoms with Crippen molar-refractivity contribution in [2.45, 2.75) is 23.6 Å². The first-order valence-electron chi connectivity index (χ1n) is 7.34. The standard InChI is InChI=1S/C16H20N2O4S2/c1-13-7-9-15(10-8-13)23(19,20)17-11-12-18-24(21,22)16-6-4-3-5-14(16)2/h3-10,17-18H,11-12H2,1-2H3. The molecule has 0 aliphatic heterocycles. The van der Waals surface area contributed by atoms with Gasteiger partial charge in [-0.1, -0.05) is 35.9 Å². The van der Waals surface area contributed by atoms with Gasteiger partial charge in [0.25, 0.3) is 0 Å². The SMILES string of the molecule is Cc1ccc(S(=O)(=O)NCCNS(=O)(=O)c2ccccc2C)cc1. The number of sulfonamides is 2. The first kappa shape index (κ1) is 18.6. The Morgan fingerprint density at radius 2 is 1.29 bits per heavy atom. The summed E-state index contributed by atoms with van der Waals surface area (Å²) in [5.74, 6) is 0. The smallest absolute Gasteiger partial charge is 0.210 e. The van der Waals surface area contributed by atoms with Crippen molar-refractivity contribution in [1.29, 1.82) is 0 Å². The van der Waals surface area contributed by atoms with Gasteiger partial charge in [-0.05, 0) is 37.6 Å². The number of benzene rings is 2. The molecule has 0 saturated heterocycles. The third-order valence-electron chi connectivity index (χ3n) is 3.42. The van der Waals surface area contributed by atoms with Crippen LogP contribution in [-0.4, -0.2) is 29.9 Å². The summed E-state index contributed by atoms with van der Waals surface area (Å²) in [4.78, 5) is 0.334. The highest BCUT2D eigenvalue weighted by atomic mass is 32.2. The predicted octanol–water partition coefficient (Wildman–Crippen LogP) is 1.56. The van der Waals surface area contributed by atoms with Gasteiger partial charge >= 0.3 is 0 Å². The molecule has 0 radical (unpaired) electrons. The van der Waals surface area contributed by atoms with Gasteiger partial charge in [0.2, 0.25) is 20.0 Å². The first-order chi connectivity index (χ1) is 11.2. The lowest BCUT2D eigenvalue weighted by Gasteiger charge is -2.10. The van der Waals surface area contributed by atoms with Crippen LogP contribution < -0.4 is 9.44 Å². The van der Waals surface area contributed by atoms with Crippen LogP contribution in [0, 0.1) is 13.8 Å². The molecule has 0 atom stereocenters. The van der Waals surface area contributed by atoms with E-state index < -0.39 is 20.0 Å². The molecule has 8 heteroatoms. The zero-order valence-electron chi connectivity index (χ0n) is 13.5. The molecular weight excluding hydrogens is 348 g/mol. The Labute approximate surface area is 143 Å². The molecule has 0 bridgehead atoms. The summed E-state index contributed by atoms with van der Waals surface area (Å²) >= 11 is 0. The van der Waals surface area contributed by atoms with E-state index in [0.717, 1.165) is 5.56 Å². The lowest BCUT2D eigenvalue weighted by atomic mass is 10.2. The highest BCUT2D eigenvalue weighted by Gasteiger charge is 2.17. The van der Waals surface area contributed by atoms with Crippen LogP contribution in [0.25, 0.3) is 0 Å². The van der Waals surface area contributed by atoms with E-state index in [-0.39, 0.29) is 22.9 Å². The van der Waals surface area contributed by atoms with Crippen molar-refractivity contribution in [3.05, 3.63) is 59.7 Å². The normalized spacial score (nSPS) is 12.2. The van der Waals surface area contributed by atoms with Gasteiger partial charge in [-0.2, -0.15) is 0 Å². The second kappa shape index (κ2) is 7.43. The van der Waals surface area contributed by atoms with Crippen molar-refractivity contribution in [2.75, 3.05) is 13.1 Å². The lowest BCUT2D eigenvalue weighted by molar-refractivity contribution is 0.570. The van der Waals surface area contributed by atoms with E-state index in [1.807, 2.05) is 6.92 Å². The molecule has 2 N–H and O–H groups in total. The van der Waals surface area contributed by atoms with Crippen LogP contribution >= 0.6 is 0 Å². The minimum Gasteiger partial charge on any atom is -0.210 e. The van der Waals surface area contributed by atoms with Gasteiger partial charge in [-0.15, -0.1) is 0 Å². The molecule has 130 valence electrons. The molecule has 0 unspecified atom stereocenters. The van der Waals surface area contributed by atoms with E-state index in [1.54, 1.807) is 37.3 Å². The molecule has 0 aliphatic carbocycles. The number of rotatable bonds is 7. The van der Waals surface area contributed by atoms with Crippen molar-refractivity contribution < 1.29 is 16.8 Å². The van der Waals surface area contributed by atoms with E-state index in [9.17, 15) is 16.8 Å². The molecule has 6 nitrogen and oxygen atoms in total. The Morgan fingerprint density at radius 3 is 1.88 bits per heavy atom. The molecule has 0 aliphatic rings. The lowest BCUT2D eigenvalue weighted by Crippen LogP contribution is -2.34. The Morgan fingerprint density at radius 1 is 0.750 bits per heavy atom. The average Bonchev–Trinajstić information content (AvgIpc) is 2.52. The molecular formula is C16H20N2O4S2. The summed E-state index contributed by atoms with van der Waals surface area (Å²) in [5.41, 5.74) is 1.59. The number of hydrogen-bond acceptors (Lipinski definition) is 4. The second-order valence-corrected chi connectivity index (χ2v) is 8.88. The summed E-state index contributed by atoms with van der Waals surface area (Å²) in [6.45, 7) is 3.49. The molecule has 2 aromatic rings. The molecule has 0 heterocycles. The van der Waals surface area contributed by atoms with Gasteiger partial charge in [0.15, 0.2) is 0 Å². The van der Waals surface area contributed by atoms with Crippen LogP contribution in [0.15, 0.2) is 58.3 Å². The van der Waals surface area contributed by atoms with Crippen LogP contribution in [0.1, 0.15) is 11.1 Å².